The van der Waals surface area contributed by atoms with E-state index in [9.17, 15) is 4.79 Å². The molecule has 1 aromatic carbocycles. The summed E-state index contributed by atoms with van der Waals surface area (Å²) in [5.74, 6) is 0.812. The lowest BCUT2D eigenvalue weighted by Crippen LogP contribution is -2.29. The topological polar surface area (TPSA) is 56.1 Å². The molecular weight excluding hydrogens is 278 g/mol. The molecule has 5 nitrogen and oxygen atoms in total. The molecule has 0 saturated carbocycles. The van der Waals surface area contributed by atoms with E-state index in [1.807, 2.05) is 35.9 Å². The normalized spacial score (nSPS) is 10.5. The van der Waals surface area contributed by atoms with E-state index in [1.54, 1.807) is 7.11 Å². The first-order valence-electron chi connectivity index (χ1n) is 7.41. The van der Waals surface area contributed by atoms with Crippen LogP contribution in [0.1, 0.15) is 22.5 Å². The van der Waals surface area contributed by atoms with E-state index in [-0.39, 0.29) is 5.91 Å². The Morgan fingerprint density at radius 2 is 1.91 bits per heavy atom. The van der Waals surface area contributed by atoms with Crippen molar-refractivity contribution in [2.75, 3.05) is 13.7 Å². The Hall–Kier alpha value is -2.30. The average Bonchev–Trinajstić information content (AvgIpc) is 2.75. The molecule has 22 heavy (non-hydrogen) atoms. The molecular formula is C17H23N3O2. The molecule has 2 rings (SSSR count). The number of rotatable bonds is 6. The van der Waals surface area contributed by atoms with Crippen LogP contribution in [0.25, 0.3) is 0 Å². The van der Waals surface area contributed by atoms with Gasteiger partial charge in [-0.05, 0) is 44.0 Å². The second-order valence-electron chi connectivity index (χ2n) is 5.39. The number of nitrogens with one attached hydrogen (secondary N) is 1. The molecule has 0 unspecified atom stereocenters. The highest BCUT2D eigenvalue weighted by molar-refractivity contribution is 5.78. The number of aromatic nitrogens is 2. The highest BCUT2D eigenvalue weighted by Gasteiger charge is 2.08. The molecule has 0 aliphatic carbocycles. The zero-order valence-corrected chi connectivity index (χ0v) is 13.6. The van der Waals surface area contributed by atoms with Gasteiger partial charge in [0.25, 0.3) is 0 Å². The molecule has 1 aromatic heterocycles. The molecule has 1 heterocycles. The molecule has 1 N–H and O–H groups in total. The van der Waals surface area contributed by atoms with Crippen molar-refractivity contribution in [3.63, 3.8) is 0 Å². The van der Waals surface area contributed by atoms with Crippen LogP contribution in [0.3, 0.4) is 0 Å². The molecule has 0 atom stereocenters. The summed E-state index contributed by atoms with van der Waals surface area (Å²) >= 11 is 0. The average molecular weight is 301 g/mol. The van der Waals surface area contributed by atoms with Crippen molar-refractivity contribution in [2.24, 2.45) is 0 Å². The van der Waals surface area contributed by atoms with Gasteiger partial charge in [0.2, 0.25) is 5.91 Å². The number of hydrogen-bond donors (Lipinski definition) is 1. The Bertz CT molecular complexity index is 645. The van der Waals surface area contributed by atoms with E-state index >= 15 is 0 Å². The fourth-order valence-corrected chi connectivity index (χ4v) is 2.30. The molecule has 118 valence electrons. The van der Waals surface area contributed by atoms with Gasteiger partial charge >= 0.3 is 0 Å². The highest BCUT2D eigenvalue weighted by Crippen LogP contribution is 2.12. The van der Waals surface area contributed by atoms with Crippen LogP contribution in [0.15, 0.2) is 24.3 Å². The third kappa shape index (κ3) is 3.87. The first kappa shape index (κ1) is 16.1. The third-order valence-corrected chi connectivity index (χ3v) is 3.91. The monoisotopic (exact) mass is 301 g/mol. The molecule has 0 fully saturated rings. The smallest absolute Gasteiger partial charge is 0.224 e. The van der Waals surface area contributed by atoms with Crippen LogP contribution in [0, 0.1) is 20.8 Å². The van der Waals surface area contributed by atoms with Crippen LogP contribution in [0.5, 0.6) is 5.75 Å². The van der Waals surface area contributed by atoms with E-state index in [2.05, 4.69) is 24.3 Å². The van der Waals surface area contributed by atoms with Crippen LogP contribution in [0.2, 0.25) is 0 Å². The second-order valence-corrected chi connectivity index (χ2v) is 5.39. The van der Waals surface area contributed by atoms with Crippen molar-refractivity contribution in [1.29, 1.82) is 0 Å². The van der Waals surface area contributed by atoms with E-state index in [0.29, 0.717) is 19.5 Å². The number of benzene rings is 1. The van der Waals surface area contributed by atoms with Crippen LogP contribution < -0.4 is 10.1 Å². The Balaban J connectivity index is 1.81. The fourth-order valence-electron chi connectivity index (χ4n) is 2.30. The molecule has 0 aliphatic heterocycles. The fraction of sp³-hybridized carbons (Fsp3) is 0.412. The number of ether oxygens (including phenoxy) is 1. The van der Waals surface area contributed by atoms with Crippen molar-refractivity contribution in [3.8, 4) is 5.75 Å². The number of aryl methyl sites for hydroxylation is 1. The van der Waals surface area contributed by atoms with Crippen LogP contribution in [-0.4, -0.2) is 29.3 Å². The molecule has 1 amide bonds. The van der Waals surface area contributed by atoms with E-state index in [1.165, 1.54) is 5.56 Å². The first-order valence-corrected chi connectivity index (χ1v) is 7.41. The van der Waals surface area contributed by atoms with Crippen molar-refractivity contribution in [3.05, 3.63) is 46.8 Å². The molecule has 2 aromatic rings. The Kier molecular flexibility index (Phi) is 5.20. The summed E-state index contributed by atoms with van der Waals surface area (Å²) in [5.41, 5.74) is 4.38. The van der Waals surface area contributed by atoms with Crippen molar-refractivity contribution in [1.82, 2.24) is 15.1 Å². The Morgan fingerprint density at radius 3 is 2.45 bits per heavy atom. The van der Waals surface area contributed by atoms with E-state index < -0.39 is 0 Å². The lowest BCUT2D eigenvalue weighted by Gasteiger charge is -2.08. The summed E-state index contributed by atoms with van der Waals surface area (Å²) in [6, 6.07) is 7.54. The lowest BCUT2D eigenvalue weighted by atomic mass is 10.1. The zero-order valence-electron chi connectivity index (χ0n) is 13.6. The lowest BCUT2D eigenvalue weighted by molar-refractivity contribution is -0.120. The van der Waals surface area contributed by atoms with Gasteiger partial charge in [0.15, 0.2) is 0 Å². The molecule has 0 aliphatic rings. The summed E-state index contributed by atoms with van der Waals surface area (Å²) in [6.45, 7) is 7.39. The van der Waals surface area contributed by atoms with Crippen molar-refractivity contribution < 1.29 is 9.53 Å². The SMILES string of the molecule is COc1ccc(CC(=O)NCCn2nc(C)c(C)c2C)cc1. The Morgan fingerprint density at radius 1 is 1.23 bits per heavy atom. The van der Waals surface area contributed by atoms with Gasteiger partial charge in [-0.1, -0.05) is 12.1 Å². The van der Waals surface area contributed by atoms with Gasteiger partial charge in [-0.3, -0.25) is 9.48 Å². The maximum Gasteiger partial charge on any atom is 0.224 e. The van der Waals surface area contributed by atoms with Crippen molar-refractivity contribution >= 4 is 5.91 Å². The summed E-state index contributed by atoms with van der Waals surface area (Å²) in [4.78, 5) is 11.9. The predicted molar refractivity (Wildman–Crippen MR) is 86.1 cm³/mol. The van der Waals surface area contributed by atoms with Gasteiger partial charge < -0.3 is 10.1 Å². The van der Waals surface area contributed by atoms with Gasteiger partial charge in [-0.15, -0.1) is 0 Å². The number of carbonyl (C=O) groups is 1. The Labute approximate surface area is 131 Å². The molecule has 0 spiro atoms. The maximum absolute atomic E-state index is 11.9. The van der Waals surface area contributed by atoms with Gasteiger partial charge in [0.1, 0.15) is 5.75 Å². The number of methoxy groups -OCH3 is 1. The number of carbonyl (C=O) groups excluding carboxylic acids is 1. The number of hydrogen-bond acceptors (Lipinski definition) is 3. The largest absolute Gasteiger partial charge is 0.497 e. The summed E-state index contributed by atoms with van der Waals surface area (Å²) < 4.78 is 7.04. The van der Waals surface area contributed by atoms with Gasteiger partial charge in [-0.25, -0.2) is 0 Å². The first-order chi connectivity index (χ1) is 10.5. The summed E-state index contributed by atoms with van der Waals surface area (Å²) in [6.07, 6.45) is 0.375. The quantitative estimate of drug-likeness (QED) is 0.889. The minimum absolute atomic E-state index is 0.0171. The molecule has 0 bridgehead atoms. The van der Waals surface area contributed by atoms with Crippen LogP contribution >= 0.6 is 0 Å². The molecule has 0 saturated heterocycles. The molecule has 5 heteroatoms. The number of nitrogens with zero attached hydrogens (tertiary/aromatic N) is 2. The van der Waals surface area contributed by atoms with E-state index in [4.69, 9.17) is 4.74 Å². The standard InChI is InChI=1S/C17H23N3O2/c1-12-13(2)19-20(14(12)3)10-9-18-17(21)11-15-5-7-16(22-4)8-6-15/h5-8H,9-11H2,1-4H3,(H,18,21). The predicted octanol–water partition coefficient (Wildman–Crippen LogP) is 2.18. The van der Waals surface area contributed by atoms with Gasteiger partial charge in [0, 0.05) is 12.2 Å². The molecule has 0 radical (unpaired) electrons. The van der Waals surface area contributed by atoms with Gasteiger partial charge in [-0.2, -0.15) is 5.10 Å². The maximum atomic E-state index is 11.9. The highest BCUT2D eigenvalue weighted by atomic mass is 16.5. The minimum atomic E-state index is 0.0171. The minimum Gasteiger partial charge on any atom is -0.497 e. The second kappa shape index (κ2) is 7.11. The van der Waals surface area contributed by atoms with Gasteiger partial charge in [0.05, 0.1) is 25.8 Å². The van der Waals surface area contributed by atoms with Crippen LogP contribution in [-0.2, 0) is 17.8 Å². The van der Waals surface area contributed by atoms with Crippen molar-refractivity contribution in [2.45, 2.75) is 33.7 Å². The zero-order chi connectivity index (χ0) is 16.1. The summed E-state index contributed by atoms with van der Waals surface area (Å²) in [5, 5.41) is 7.39. The van der Waals surface area contributed by atoms with E-state index in [0.717, 1.165) is 22.7 Å². The van der Waals surface area contributed by atoms with Crippen LogP contribution in [0.4, 0.5) is 0 Å². The summed E-state index contributed by atoms with van der Waals surface area (Å²) in [7, 11) is 1.63. The third-order valence-electron chi connectivity index (χ3n) is 3.91. The number of amides is 1.